The predicted octanol–water partition coefficient (Wildman–Crippen LogP) is 3.71. The van der Waals surface area contributed by atoms with E-state index in [9.17, 15) is 0 Å². The van der Waals surface area contributed by atoms with E-state index < -0.39 is 5.54 Å². The van der Waals surface area contributed by atoms with Crippen molar-refractivity contribution in [3.8, 4) is 5.75 Å². The number of pyridine rings is 1. The molecule has 0 aliphatic rings. The Labute approximate surface area is 127 Å². The molecule has 0 amide bonds. The van der Waals surface area contributed by atoms with Crippen LogP contribution in [0.4, 0.5) is 0 Å². The van der Waals surface area contributed by atoms with Gasteiger partial charge < -0.3 is 10.5 Å². The molecule has 112 valence electrons. The number of benzene rings is 1. The lowest BCUT2D eigenvalue weighted by Gasteiger charge is -2.26. The lowest BCUT2D eigenvalue weighted by Crippen LogP contribution is -2.34. The quantitative estimate of drug-likeness (QED) is 0.910. The number of hydrogen-bond donors (Lipinski definition) is 1. The van der Waals surface area contributed by atoms with Crippen LogP contribution in [0.5, 0.6) is 5.75 Å². The van der Waals surface area contributed by atoms with E-state index in [1.807, 2.05) is 19.2 Å². The van der Waals surface area contributed by atoms with Gasteiger partial charge in [-0.15, -0.1) is 0 Å². The fourth-order valence-electron chi connectivity index (χ4n) is 2.23. The van der Waals surface area contributed by atoms with E-state index >= 15 is 0 Å². The maximum atomic E-state index is 6.58. The van der Waals surface area contributed by atoms with Crippen LogP contribution in [0.1, 0.15) is 42.5 Å². The van der Waals surface area contributed by atoms with Crippen molar-refractivity contribution in [1.29, 1.82) is 0 Å². The minimum atomic E-state index is -0.586. The van der Waals surface area contributed by atoms with Crippen LogP contribution in [-0.2, 0) is 5.54 Å². The molecule has 3 heteroatoms. The molecule has 0 aliphatic carbocycles. The Hall–Kier alpha value is -1.87. The number of ether oxygens (including phenoxy) is 1. The summed E-state index contributed by atoms with van der Waals surface area (Å²) in [5.41, 5.74) is 10.6. The van der Waals surface area contributed by atoms with Crippen LogP contribution in [0.25, 0.3) is 0 Å². The van der Waals surface area contributed by atoms with Crippen LogP contribution in [-0.4, -0.2) is 11.6 Å². The van der Waals surface area contributed by atoms with Gasteiger partial charge in [-0.05, 0) is 55.5 Å². The Morgan fingerprint density at radius 1 is 1.10 bits per heavy atom. The van der Waals surface area contributed by atoms with Crippen molar-refractivity contribution >= 4 is 0 Å². The van der Waals surface area contributed by atoms with Crippen molar-refractivity contribution < 1.29 is 4.74 Å². The summed E-state index contributed by atoms with van der Waals surface area (Å²) in [4.78, 5) is 4.26. The highest BCUT2D eigenvalue weighted by molar-refractivity contribution is 5.41. The molecule has 2 rings (SSSR count). The van der Waals surface area contributed by atoms with Crippen LogP contribution in [0, 0.1) is 13.8 Å². The predicted molar refractivity (Wildman–Crippen MR) is 86.6 cm³/mol. The molecule has 1 aromatic heterocycles. The Balaban J connectivity index is 2.35. The Bertz CT molecular complexity index is 620. The molecule has 2 N–H and O–H groups in total. The van der Waals surface area contributed by atoms with Gasteiger partial charge in [-0.25, -0.2) is 0 Å². The largest absolute Gasteiger partial charge is 0.492 e. The van der Waals surface area contributed by atoms with Crippen LogP contribution in [0.15, 0.2) is 36.7 Å². The van der Waals surface area contributed by atoms with Gasteiger partial charge in [0.15, 0.2) is 0 Å². The van der Waals surface area contributed by atoms with Gasteiger partial charge in [-0.1, -0.05) is 25.1 Å². The Kier molecular flexibility index (Phi) is 4.63. The molecule has 1 unspecified atom stereocenters. The zero-order chi connectivity index (χ0) is 15.5. The molecular weight excluding hydrogens is 260 g/mol. The monoisotopic (exact) mass is 284 g/mol. The van der Waals surface area contributed by atoms with Gasteiger partial charge >= 0.3 is 0 Å². The summed E-state index contributed by atoms with van der Waals surface area (Å²) in [5.74, 6) is 0.773. The lowest BCUT2D eigenvalue weighted by molar-refractivity contribution is 0.315. The summed E-state index contributed by atoms with van der Waals surface area (Å²) in [7, 11) is 0. The molecule has 1 atom stereocenters. The second kappa shape index (κ2) is 6.27. The van der Waals surface area contributed by atoms with E-state index in [-0.39, 0.29) is 0 Å². The highest BCUT2D eigenvalue weighted by atomic mass is 16.5. The van der Waals surface area contributed by atoms with Crippen molar-refractivity contribution in [3.05, 3.63) is 58.9 Å². The standard InChI is InChI=1S/C18H24N2O/c1-5-8-21-17-10-16(11-20-12-17)18(4,19)15-7-6-13(2)14(3)9-15/h6-7,9-12H,5,8,19H2,1-4H3. The molecule has 2 aromatic rings. The van der Waals surface area contributed by atoms with Gasteiger partial charge in [-0.2, -0.15) is 0 Å². The molecule has 0 radical (unpaired) electrons. The van der Waals surface area contributed by atoms with Crippen molar-refractivity contribution in [3.63, 3.8) is 0 Å². The van der Waals surface area contributed by atoms with Crippen LogP contribution in [0.2, 0.25) is 0 Å². The average molecular weight is 284 g/mol. The van der Waals surface area contributed by atoms with Crippen molar-refractivity contribution in [1.82, 2.24) is 4.98 Å². The van der Waals surface area contributed by atoms with E-state index in [1.54, 1.807) is 6.20 Å². The first-order valence-electron chi connectivity index (χ1n) is 7.40. The van der Waals surface area contributed by atoms with Gasteiger partial charge in [0.25, 0.3) is 0 Å². The third kappa shape index (κ3) is 3.42. The summed E-state index contributed by atoms with van der Waals surface area (Å²) >= 11 is 0. The number of nitrogens with two attached hydrogens (primary N) is 1. The summed E-state index contributed by atoms with van der Waals surface area (Å²) in [5, 5.41) is 0. The smallest absolute Gasteiger partial charge is 0.137 e. The van der Waals surface area contributed by atoms with Crippen molar-refractivity contribution in [2.24, 2.45) is 5.73 Å². The normalized spacial score (nSPS) is 13.8. The summed E-state index contributed by atoms with van der Waals surface area (Å²) in [6, 6.07) is 8.33. The first-order chi connectivity index (χ1) is 9.95. The molecule has 0 saturated heterocycles. The maximum Gasteiger partial charge on any atom is 0.137 e. The number of aryl methyl sites for hydroxylation is 2. The van der Waals surface area contributed by atoms with E-state index in [0.717, 1.165) is 23.3 Å². The molecule has 0 saturated carbocycles. The number of nitrogens with zero attached hydrogens (tertiary/aromatic N) is 1. The summed E-state index contributed by atoms with van der Waals surface area (Å²) in [6.45, 7) is 8.99. The van der Waals surface area contributed by atoms with E-state index in [4.69, 9.17) is 10.5 Å². The fraction of sp³-hybridized carbons (Fsp3) is 0.389. The second-order valence-corrected chi connectivity index (χ2v) is 5.76. The number of hydrogen-bond acceptors (Lipinski definition) is 3. The van der Waals surface area contributed by atoms with Crippen molar-refractivity contribution in [2.75, 3.05) is 6.61 Å². The fourth-order valence-corrected chi connectivity index (χ4v) is 2.23. The zero-order valence-corrected chi connectivity index (χ0v) is 13.3. The second-order valence-electron chi connectivity index (χ2n) is 5.76. The molecule has 0 spiro atoms. The number of aromatic nitrogens is 1. The van der Waals surface area contributed by atoms with E-state index in [0.29, 0.717) is 6.61 Å². The van der Waals surface area contributed by atoms with E-state index in [2.05, 4.69) is 44.0 Å². The number of rotatable bonds is 5. The van der Waals surface area contributed by atoms with E-state index in [1.165, 1.54) is 11.1 Å². The maximum absolute atomic E-state index is 6.58. The van der Waals surface area contributed by atoms with Gasteiger partial charge in [0.2, 0.25) is 0 Å². The first kappa shape index (κ1) is 15.5. The van der Waals surface area contributed by atoms with Crippen LogP contribution < -0.4 is 10.5 Å². The Morgan fingerprint density at radius 2 is 1.86 bits per heavy atom. The van der Waals surface area contributed by atoms with Crippen molar-refractivity contribution in [2.45, 2.75) is 39.7 Å². The molecule has 1 heterocycles. The molecular formula is C18H24N2O. The molecule has 1 aromatic carbocycles. The zero-order valence-electron chi connectivity index (χ0n) is 13.3. The molecule has 21 heavy (non-hydrogen) atoms. The van der Waals surface area contributed by atoms with Gasteiger partial charge in [0.05, 0.1) is 18.3 Å². The van der Waals surface area contributed by atoms with Gasteiger partial charge in [0, 0.05) is 6.20 Å². The third-order valence-electron chi connectivity index (χ3n) is 3.89. The summed E-state index contributed by atoms with van der Waals surface area (Å²) < 4.78 is 5.65. The topological polar surface area (TPSA) is 48.1 Å². The third-order valence-corrected chi connectivity index (χ3v) is 3.89. The molecule has 3 nitrogen and oxygen atoms in total. The average Bonchev–Trinajstić information content (AvgIpc) is 2.48. The Morgan fingerprint density at radius 3 is 2.52 bits per heavy atom. The van der Waals surface area contributed by atoms with Crippen LogP contribution in [0.3, 0.4) is 0 Å². The van der Waals surface area contributed by atoms with Crippen LogP contribution >= 0.6 is 0 Å². The van der Waals surface area contributed by atoms with Gasteiger partial charge in [-0.3, -0.25) is 4.98 Å². The minimum Gasteiger partial charge on any atom is -0.492 e. The molecule has 0 aliphatic heterocycles. The van der Waals surface area contributed by atoms with Gasteiger partial charge in [0.1, 0.15) is 5.75 Å². The highest BCUT2D eigenvalue weighted by Crippen LogP contribution is 2.29. The molecule has 0 fully saturated rings. The lowest BCUT2D eigenvalue weighted by atomic mass is 9.85. The molecule has 0 bridgehead atoms. The summed E-state index contributed by atoms with van der Waals surface area (Å²) in [6.07, 6.45) is 4.52. The first-order valence-corrected chi connectivity index (χ1v) is 7.40. The minimum absolute atomic E-state index is 0.586. The SMILES string of the molecule is CCCOc1cncc(C(C)(N)c2ccc(C)c(C)c2)c1. The highest BCUT2D eigenvalue weighted by Gasteiger charge is 2.25.